The van der Waals surface area contributed by atoms with Crippen LogP contribution in [0, 0.1) is 0 Å². The van der Waals surface area contributed by atoms with E-state index in [2.05, 4.69) is 5.43 Å². The second kappa shape index (κ2) is 7.01. The zero-order valence-electron chi connectivity index (χ0n) is 10.8. The normalized spacial score (nSPS) is 16.0. The summed E-state index contributed by atoms with van der Waals surface area (Å²) in [6, 6.07) is 9.45. The fourth-order valence-corrected chi connectivity index (χ4v) is 1.96. The Morgan fingerprint density at radius 1 is 1.16 bits per heavy atom. The Hall–Kier alpha value is -1.72. The molecule has 0 bridgehead atoms. The predicted molar refractivity (Wildman–Crippen MR) is 70.3 cm³/mol. The molecule has 0 aromatic heterocycles. The minimum atomic E-state index is -0.247. The summed E-state index contributed by atoms with van der Waals surface area (Å²) < 4.78 is 5.18. The maximum Gasteiger partial charge on any atom is 0.241 e. The van der Waals surface area contributed by atoms with Gasteiger partial charge in [0.05, 0.1) is 19.6 Å². The molecule has 19 heavy (non-hydrogen) atoms. The third-order valence-corrected chi connectivity index (χ3v) is 2.90. The molecule has 5 nitrogen and oxygen atoms in total. The minimum absolute atomic E-state index is 0.0723. The van der Waals surface area contributed by atoms with Crippen LogP contribution in [0.25, 0.3) is 0 Å². The number of amides is 1. The maximum absolute atomic E-state index is 11.8. The van der Waals surface area contributed by atoms with Gasteiger partial charge in [0, 0.05) is 19.5 Å². The molecule has 0 aliphatic carbocycles. The van der Waals surface area contributed by atoms with Crippen molar-refractivity contribution in [2.75, 3.05) is 26.3 Å². The average molecular weight is 262 g/mol. The highest BCUT2D eigenvalue weighted by Crippen LogP contribution is 2.02. The third kappa shape index (κ3) is 4.81. The fraction of sp³-hybridized carbons (Fsp3) is 0.429. The van der Waals surface area contributed by atoms with E-state index in [1.165, 1.54) is 0 Å². The summed E-state index contributed by atoms with van der Waals surface area (Å²) in [7, 11) is 0. The summed E-state index contributed by atoms with van der Waals surface area (Å²) in [6.07, 6.45) is 0.226. The summed E-state index contributed by atoms with van der Waals surface area (Å²) in [5.74, 6) is -0.320. The Kier molecular flexibility index (Phi) is 5.06. The first kappa shape index (κ1) is 13.7. The molecular formula is C14H18N2O3. The summed E-state index contributed by atoms with van der Waals surface area (Å²) in [4.78, 5) is 23.5. The summed E-state index contributed by atoms with van der Waals surface area (Å²) in [6.45, 7) is 2.55. The molecule has 1 aromatic rings. The van der Waals surface area contributed by atoms with E-state index in [0.717, 1.165) is 5.56 Å². The number of benzene rings is 1. The summed E-state index contributed by atoms with van der Waals surface area (Å²) in [5, 5.41) is 1.79. The number of hydrazine groups is 1. The van der Waals surface area contributed by atoms with Crippen LogP contribution in [0.1, 0.15) is 12.0 Å². The van der Waals surface area contributed by atoms with E-state index in [0.29, 0.717) is 32.7 Å². The molecule has 1 N–H and O–H groups in total. The van der Waals surface area contributed by atoms with Crippen molar-refractivity contribution in [3.8, 4) is 0 Å². The second-order valence-electron chi connectivity index (χ2n) is 4.51. The smallest absolute Gasteiger partial charge is 0.241 e. The Bertz CT molecular complexity index is 428. The van der Waals surface area contributed by atoms with Crippen LogP contribution in [0.3, 0.4) is 0 Å². The fourth-order valence-electron chi connectivity index (χ4n) is 1.96. The first-order chi connectivity index (χ1) is 9.24. The molecule has 1 saturated heterocycles. The van der Waals surface area contributed by atoms with Gasteiger partial charge in [0.2, 0.25) is 5.91 Å². The number of rotatable bonds is 5. The van der Waals surface area contributed by atoms with E-state index in [1.807, 2.05) is 30.3 Å². The molecule has 1 aromatic carbocycles. The van der Waals surface area contributed by atoms with Gasteiger partial charge in [-0.15, -0.1) is 0 Å². The number of carbonyl (C=O) groups excluding carboxylic acids is 2. The van der Waals surface area contributed by atoms with Crippen molar-refractivity contribution in [3.63, 3.8) is 0 Å². The SMILES string of the molecule is O=C(CC(=O)NN1CCOCC1)Cc1ccccc1. The molecule has 1 aliphatic heterocycles. The molecule has 5 heteroatoms. The number of carbonyl (C=O) groups is 2. The van der Waals surface area contributed by atoms with Gasteiger partial charge in [0.1, 0.15) is 5.78 Å². The molecular weight excluding hydrogens is 244 g/mol. The van der Waals surface area contributed by atoms with Crippen molar-refractivity contribution in [1.82, 2.24) is 10.4 Å². The highest BCUT2D eigenvalue weighted by atomic mass is 16.5. The number of ketones is 1. The van der Waals surface area contributed by atoms with Crippen LogP contribution in [0.2, 0.25) is 0 Å². The lowest BCUT2D eigenvalue weighted by Gasteiger charge is -2.26. The second-order valence-corrected chi connectivity index (χ2v) is 4.51. The van der Waals surface area contributed by atoms with E-state index in [9.17, 15) is 9.59 Å². The Morgan fingerprint density at radius 2 is 1.84 bits per heavy atom. The average Bonchev–Trinajstić information content (AvgIpc) is 2.40. The zero-order valence-corrected chi connectivity index (χ0v) is 10.8. The Labute approximate surface area is 112 Å². The number of nitrogens with one attached hydrogen (secondary N) is 1. The van der Waals surface area contributed by atoms with E-state index < -0.39 is 0 Å². The minimum Gasteiger partial charge on any atom is -0.379 e. The zero-order chi connectivity index (χ0) is 13.5. The number of morpholine rings is 1. The van der Waals surface area contributed by atoms with Gasteiger partial charge in [-0.25, -0.2) is 5.01 Å². The lowest BCUT2D eigenvalue weighted by atomic mass is 10.1. The number of Topliss-reactive ketones (excluding diaryl/α,β-unsaturated/α-hetero) is 1. The van der Waals surface area contributed by atoms with Gasteiger partial charge in [-0.1, -0.05) is 30.3 Å². The largest absolute Gasteiger partial charge is 0.379 e. The summed E-state index contributed by atoms with van der Waals surface area (Å²) in [5.41, 5.74) is 3.67. The van der Waals surface area contributed by atoms with Crippen LogP contribution in [0.15, 0.2) is 30.3 Å². The van der Waals surface area contributed by atoms with Crippen LogP contribution >= 0.6 is 0 Å². The number of hydrogen-bond acceptors (Lipinski definition) is 4. The number of nitrogens with zero attached hydrogens (tertiary/aromatic N) is 1. The molecule has 0 radical (unpaired) electrons. The lowest BCUT2D eigenvalue weighted by Crippen LogP contribution is -2.48. The topological polar surface area (TPSA) is 58.6 Å². The summed E-state index contributed by atoms with van der Waals surface area (Å²) >= 11 is 0. The predicted octanol–water partition coefficient (Wildman–Crippen LogP) is 0.552. The van der Waals surface area contributed by atoms with Crippen molar-refractivity contribution in [1.29, 1.82) is 0 Å². The van der Waals surface area contributed by atoms with Gasteiger partial charge in [0.15, 0.2) is 0 Å². The van der Waals surface area contributed by atoms with Crippen molar-refractivity contribution in [2.45, 2.75) is 12.8 Å². The van der Waals surface area contributed by atoms with Gasteiger partial charge in [0.25, 0.3) is 0 Å². The van der Waals surface area contributed by atoms with E-state index in [-0.39, 0.29) is 18.1 Å². The van der Waals surface area contributed by atoms with Gasteiger partial charge < -0.3 is 4.74 Å². The molecule has 1 amide bonds. The lowest BCUT2D eigenvalue weighted by molar-refractivity contribution is -0.132. The maximum atomic E-state index is 11.8. The number of ether oxygens (including phenoxy) is 1. The first-order valence-electron chi connectivity index (χ1n) is 6.42. The van der Waals surface area contributed by atoms with Gasteiger partial charge in [-0.2, -0.15) is 0 Å². The molecule has 0 spiro atoms. The van der Waals surface area contributed by atoms with E-state index in [4.69, 9.17) is 4.74 Å². The highest BCUT2D eigenvalue weighted by Gasteiger charge is 2.15. The Balaban J connectivity index is 1.74. The van der Waals surface area contributed by atoms with Crippen molar-refractivity contribution >= 4 is 11.7 Å². The van der Waals surface area contributed by atoms with E-state index >= 15 is 0 Å². The van der Waals surface area contributed by atoms with Crippen molar-refractivity contribution in [2.24, 2.45) is 0 Å². The molecule has 2 rings (SSSR count). The number of hydrogen-bond donors (Lipinski definition) is 1. The van der Waals surface area contributed by atoms with Gasteiger partial charge in [-0.3, -0.25) is 15.0 Å². The van der Waals surface area contributed by atoms with Crippen molar-refractivity contribution < 1.29 is 14.3 Å². The molecule has 0 unspecified atom stereocenters. The van der Waals surface area contributed by atoms with Crippen LogP contribution in [0.5, 0.6) is 0 Å². The molecule has 1 fully saturated rings. The molecule has 1 heterocycles. The standard InChI is InChI=1S/C14H18N2O3/c17-13(10-12-4-2-1-3-5-12)11-14(18)15-16-6-8-19-9-7-16/h1-5H,6-11H2,(H,15,18). The molecule has 0 atom stereocenters. The molecule has 102 valence electrons. The van der Waals surface area contributed by atoms with Crippen LogP contribution < -0.4 is 5.43 Å². The van der Waals surface area contributed by atoms with Crippen molar-refractivity contribution in [3.05, 3.63) is 35.9 Å². The molecule has 1 aliphatic rings. The van der Waals surface area contributed by atoms with E-state index in [1.54, 1.807) is 5.01 Å². The highest BCUT2D eigenvalue weighted by molar-refractivity contribution is 5.98. The van der Waals surface area contributed by atoms with Gasteiger partial charge >= 0.3 is 0 Å². The van der Waals surface area contributed by atoms with Crippen LogP contribution in [-0.2, 0) is 20.7 Å². The van der Waals surface area contributed by atoms with Crippen LogP contribution in [-0.4, -0.2) is 43.0 Å². The molecule has 0 saturated carbocycles. The first-order valence-corrected chi connectivity index (χ1v) is 6.42. The quantitative estimate of drug-likeness (QED) is 0.787. The third-order valence-electron chi connectivity index (χ3n) is 2.90. The Morgan fingerprint density at radius 3 is 2.53 bits per heavy atom. The van der Waals surface area contributed by atoms with Crippen LogP contribution in [0.4, 0.5) is 0 Å². The van der Waals surface area contributed by atoms with Gasteiger partial charge in [-0.05, 0) is 5.56 Å². The monoisotopic (exact) mass is 262 g/mol.